The molecule has 1 rings (SSSR count). The van der Waals surface area contributed by atoms with Gasteiger partial charge in [-0.3, -0.25) is 0 Å². The summed E-state index contributed by atoms with van der Waals surface area (Å²) in [5.41, 5.74) is 1.22. The van der Waals surface area contributed by atoms with Crippen molar-refractivity contribution in [3.63, 3.8) is 0 Å². The normalized spacial score (nSPS) is 11.2. The SMILES string of the molecule is CCCCOCCOCCOCCOCCOCc1ccsc1. The van der Waals surface area contributed by atoms with Crippen molar-refractivity contribution in [3.05, 3.63) is 22.4 Å². The van der Waals surface area contributed by atoms with Crippen molar-refractivity contribution in [1.82, 2.24) is 0 Å². The lowest BCUT2D eigenvalue weighted by atomic mass is 10.4. The van der Waals surface area contributed by atoms with E-state index in [1.807, 2.05) is 0 Å². The van der Waals surface area contributed by atoms with Gasteiger partial charge in [0.05, 0.1) is 59.5 Å². The summed E-state index contributed by atoms with van der Waals surface area (Å²) >= 11 is 1.68. The highest BCUT2D eigenvalue weighted by Crippen LogP contribution is 2.06. The highest BCUT2D eigenvalue weighted by atomic mass is 32.1. The predicted octanol–water partition coefficient (Wildman–Crippen LogP) is 3.13. The highest BCUT2D eigenvalue weighted by Gasteiger charge is 1.95. The summed E-state index contributed by atoms with van der Waals surface area (Å²) in [6, 6.07) is 2.07. The molecule has 1 heterocycles. The second-order valence-electron chi connectivity index (χ2n) is 4.99. The largest absolute Gasteiger partial charge is 0.379 e. The first-order valence-corrected chi connectivity index (χ1v) is 9.27. The van der Waals surface area contributed by atoms with E-state index in [1.54, 1.807) is 11.3 Å². The van der Waals surface area contributed by atoms with Crippen molar-refractivity contribution in [3.8, 4) is 0 Å². The van der Waals surface area contributed by atoms with Crippen LogP contribution in [0, 0.1) is 0 Å². The molecule has 0 fully saturated rings. The fraction of sp³-hybridized carbons (Fsp3) is 0.765. The second kappa shape index (κ2) is 16.4. The summed E-state index contributed by atoms with van der Waals surface area (Å²) < 4.78 is 27.1. The van der Waals surface area contributed by atoms with Gasteiger partial charge in [0, 0.05) is 6.61 Å². The van der Waals surface area contributed by atoms with Crippen LogP contribution in [0.2, 0.25) is 0 Å². The number of rotatable bonds is 17. The van der Waals surface area contributed by atoms with E-state index in [9.17, 15) is 0 Å². The molecule has 134 valence electrons. The minimum absolute atomic E-state index is 0.584. The van der Waals surface area contributed by atoms with Crippen LogP contribution < -0.4 is 0 Å². The lowest BCUT2D eigenvalue weighted by Gasteiger charge is -2.07. The zero-order valence-corrected chi connectivity index (χ0v) is 15.0. The number of thiophene rings is 1. The summed E-state index contributed by atoms with van der Waals surface area (Å²) in [4.78, 5) is 0. The standard InChI is InChI=1S/C17H30O5S/c1-2-3-5-18-6-7-19-8-9-20-10-11-21-12-13-22-15-17-4-14-23-16-17/h4,14,16H,2-3,5-13,15H2,1H3. The minimum Gasteiger partial charge on any atom is -0.379 e. The van der Waals surface area contributed by atoms with Gasteiger partial charge in [-0.1, -0.05) is 13.3 Å². The van der Waals surface area contributed by atoms with Gasteiger partial charge in [-0.05, 0) is 28.8 Å². The van der Waals surface area contributed by atoms with E-state index in [1.165, 1.54) is 5.56 Å². The monoisotopic (exact) mass is 346 g/mol. The van der Waals surface area contributed by atoms with Crippen LogP contribution in [-0.4, -0.2) is 59.5 Å². The Labute approximate surface area is 143 Å². The molecule has 0 saturated carbocycles. The molecule has 6 heteroatoms. The summed E-state index contributed by atoms with van der Waals surface area (Å²) in [5.74, 6) is 0. The molecule has 0 spiro atoms. The molecule has 0 aliphatic heterocycles. The molecular formula is C17H30O5S. The third-order valence-electron chi connectivity index (χ3n) is 2.98. The van der Waals surface area contributed by atoms with Crippen molar-refractivity contribution in [2.75, 3.05) is 59.5 Å². The fourth-order valence-corrected chi connectivity index (χ4v) is 2.34. The third kappa shape index (κ3) is 13.6. The average Bonchev–Trinajstić information content (AvgIpc) is 3.08. The zero-order valence-electron chi connectivity index (χ0n) is 14.2. The first-order chi connectivity index (χ1) is 11.4. The molecule has 0 radical (unpaired) electrons. The summed E-state index contributed by atoms with van der Waals surface area (Å²) in [6.07, 6.45) is 2.28. The van der Waals surface area contributed by atoms with Gasteiger partial charge in [-0.15, -0.1) is 0 Å². The van der Waals surface area contributed by atoms with E-state index in [4.69, 9.17) is 23.7 Å². The molecule has 0 bridgehead atoms. The van der Waals surface area contributed by atoms with Gasteiger partial charge in [0.25, 0.3) is 0 Å². The Balaban J connectivity index is 1.67. The van der Waals surface area contributed by atoms with Crippen molar-refractivity contribution in [1.29, 1.82) is 0 Å². The summed E-state index contributed by atoms with van der Waals surface area (Å²) in [5, 5.41) is 4.14. The van der Waals surface area contributed by atoms with E-state index in [0.717, 1.165) is 19.4 Å². The van der Waals surface area contributed by atoms with Gasteiger partial charge in [-0.2, -0.15) is 11.3 Å². The third-order valence-corrected chi connectivity index (χ3v) is 3.71. The molecule has 0 aliphatic rings. The fourth-order valence-electron chi connectivity index (χ4n) is 1.69. The van der Waals surface area contributed by atoms with Gasteiger partial charge in [-0.25, -0.2) is 0 Å². The molecule has 0 aromatic carbocycles. The van der Waals surface area contributed by atoms with Gasteiger partial charge in [0.2, 0.25) is 0 Å². The number of hydrogen-bond acceptors (Lipinski definition) is 6. The lowest BCUT2D eigenvalue weighted by Crippen LogP contribution is -2.13. The Morgan fingerprint density at radius 1 is 0.739 bits per heavy atom. The molecule has 0 unspecified atom stereocenters. The number of unbranched alkanes of at least 4 members (excludes halogenated alkanes) is 1. The van der Waals surface area contributed by atoms with Crippen LogP contribution in [0.25, 0.3) is 0 Å². The van der Waals surface area contributed by atoms with Crippen LogP contribution in [0.15, 0.2) is 16.8 Å². The maximum absolute atomic E-state index is 5.49. The van der Waals surface area contributed by atoms with Gasteiger partial charge < -0.3 is 23.7 Å². The molecule has 1 aromatic rings. The molecule has 0 amide bonds. The first kappa shape index (κ1) is 20.5. The highest BCUT2D eigenvalue weighted by molar-refractivity contribution is 7.07. The Bertz CT molecular complexity index is 332. The maximum atomic E-state index is 5.49. The Kier molecular flexibility index (Phi) is 14.6. The first-order valence-electron chi connectivity index (χ1n) is 8.33. The van der Waals surface area contributed by atoms with E-state index in [0.29, 0.717) is 59.5 Å². The topological polar surface area (TPSA) is 46.2 Å². The molecule has 23 heavy (non-hydrogen) atoms. The summed E-state index contributed by atoms with van der Waals surface area (Å²) in [6.45, 7) is 8.49. The van der Waals surface area contributed by atoms with Gasteiger partial charge >= 0.3 is 0 Å². The maximum Gasteiger partial charge on any atom is 0.0726 e. The Hall–Kier alpha value is -0.500. The van der Waals surface area contributed by atoms with E-state index in [2.05, 4.69) is 23.8 Å². The smallest absolute Gasteiger partial charge is 0.0726 e. The molecule has 5 nitrogen and oxygen atoms in total. The Morgan fingerprint density at radius 3 is 1.74 bits per heavy atom. The van der Waals surface area contributed by atoms with Crippen LogP contribution in [-0.2, 0) is 30.3 Å². The second-order valence-corrected chi connectivity index (χ2v) is 5.77. The minimum atomic E-state index is 0.584. The van der Waals surface area contributed by atoms with Gasteiger partial charge in [0.15, 0.2) is 0 Å². The van der Waals surface area contributed by atoms with Crippen LogP contribution in [0.3, 0.4) is 0 Å². The van der Waals surface area contributed by atoms with Crippen LogP contribution in [0.1, 0.15) is 25.3 Å². The van der Waals surface area contributed by atoms with Crippen LogP contribution in [0.5, 0.6) is 0 Å². The lowest BCUT2D eigenvalue weighted by molar-refractivity contribution is -0.0125. The summed E-state index contributed by atoms with van der Waals surface area (Å²) in [7, 11) is 0. The molecular weight excluding hydrogens is 316 g/mol. The number of ether oxygens (including phenoxy) is 5. The predicted molar refractivity (Wildman–Crippen MR) is 92.2 cm³/mol. The molecule has 0 N–H and O–H groups in total. The Morgan fingerprint density at radius 2 is 1.26 bits per heavy atom. The van der Waals surface area contributed by atoms with Crippen LogP contribution >= 0.6 is 11.3 Å². The van der Waals surface area contributed by atoms with Crippen molar-refractivity contribution in [2.24, 2.45) is 0 Å². The van der Waals surface area contributed by atoms with E-state index >= 15 is 0 Å². The van der Waals surface area contributed by atoms with Crippen LogP contribution in [0.4, 0.5) is 0 Å². The molecule has 0 aliphatic carbocycles. The van der Waals surface area contributed by atoms with Gasteiger partial charge in [0.1, 0.15) is 0 Å². The molecule has 1 aromatic heterocycles. The quantitative estimate of drug-likeness (QED) is 0.406. The molecule has 0 saturated heterocycles. The average molecular weight is 346 g/mol. The molecule has 0 atom stereocenters. The van der Waals surface area contributed by atoms with Crippen molar-refractivity contribution >= 4 is 11.3 Å². The van der Waals surface area contributed by atoms with Crippen molar-refractivity contribution < 1.29 is 23.7 Å². The zero-order chi connectivity index (χ0) is 16.4. The van der Waals surface area contributed by atoms with Crippen molar-refractivity contribution in [2.45, 2.75) is 26.4 Å². The van der Waals surface area contributed by atoms with E-state index in [-0.39, 0.29) is 0 Å². The van der Waals surface area contributed by atoms with E-state index < -0.39 is 0 Å². The number of hydrogen-bond donors (Lipinski definition) is 0.